The molecule has 1 amide bonds. The van der Waals surface area contributed by atoms with E-state index in [1.165, 1.54) is 11.8 Å². The number of hydrogen-bond acceptors (Lipinski definition) is 4. The molecule has 1 aromatic heterocycles. The highest BCUT2D eigenvalue weighted by Crippen LogP contribution is 2.32. The van der Waals surface area contributed by atoms with E-state index in [0.29, 0.717) is 16.9 Å². The lowest BCUT2D eigenvalue weighted by molar-refractivity contribution is 0.102. The molecule has 3 rings (SSSR count). The van der Waals surface area contributed by atoms with Gasteiger partial charge in [0.1, 0.15) is 11.9 Å². The molecular weight excluding hydrogens is 445 g/mol. The number of hydrogen-bond donors (Lipinski definition) is 1. The number of anilines is 1. The summed E-state index contributed by atoms with van der Waals surface area (Å²) in [6.45, 7) is 0. The third kappa shape index (κ3) is 4.38. The molecule has 25 heavy (non-hydrogen) atoms. The standard InChI is InChI=1S/C19H12IN3OS/c20-14-9-10-18(22-12-14)23-19(24)15-6-2-4-8-17(15)25-16-7-3-1-5-13(16)11-21/h1-10,12H,(H,22,23,24). The van der Waals surface area contributed by atoms with E-state index in [0.717, 1.165) is 13.4 Å². The van der Waals surface area contributed by atoms with Crippen LogP contribution < -0.4 is 5.32 Å². The van der Waals surface area contributed by atoms with Gasteiger partial charge in [-0.1, -0.05) is 36.0 Å². The number of rotatable bonds is 4. The van der Waals surface area contributed by atoms with Crippen LogP contribution >= 0.6 is 34.4 Å². The minimum atomic E-state index is -0.230. The normalized spacial score (nSPS) is 10.1. The molecule has 0 aliphatic heterocycles. The third-order valence-electron chi connectivity index (χ3n) is 3.33. The van der Waals surface area contributed by atoms with Crippen molar-refractivity contribution in [1.82, 2.24) is 4.98 Å². The first-order chi connectivity index (χ1) is 12.2. The second kappa shape index (κ2) is 8.14. The molecule has 1 N–H and O–H groups in total. The molecule has 0 fully saturated rings. The van der Waals surface area contributed by atoms with Gasteiger partial charge in [0.05, 0.1) is 11.1 Å². The lowest BCUT2D eigenvalue weighted by atomic mass is 10.2. The summed E-state index contributed by atoms with van der Waals surface area (Å²) in [7, 11) is 0. The zero-order valence-corrected chi connectivity index (χ0v) is 15.9. The van der Waals surface area contributed by atoms with Crippen molar-refractivity contribution in [3.63, 3.8) is 0 Å². The molecule has 0 aliphatic carbocycles. The Morgan fingerprint density at radius 2 is 1.76 bits per heavy atom. The minimum absolute atomic E-state index is 0.230. The quantitative estimate of drug-likeness (QED) is 0.563. The number of halogens is 1. The Kier molecular flexibility index (Phi) is 5.68. The van der Waals surface area contributed by atoms with Crippen molar-refractivity contribution in [2.24, 2.45) is 0 Å². The Hall–Kier alpha value is -2.37. The van der Waals surface area contributed by atoms with Crippen LogP contribution in [0.4, 0.5) is 5.82 Å². The van der Waals surface area contributed by atoms with Crippen molar-refractivity contribution in [2.45, 2.75) is 9.79 Å². The van der Waals surface area contributed by atoms with Crippen LogP contribution in [0.25, 0.3) is 0 Å². The van der Waals surface area contributed by atoms with Crippen LogP contribution in [0.2, 0.25) is 0 Å². The molecule has 122 valence electrons. The Morgan fingerprint density at radius 1 is 1.04 bits per heavy atom. The summed E-state index contributed by atoms with van der Waals surface area (Å²) in [5, 5.41) is 12.0. The van der Waals surface area contributed by atoms with Crippen LogP contribution in [0, 0.1) is 14.9 Å². The smallest absolute Gasteiger partial charge is 0.257 e. The second-order valence-corrected chi connectivity index (χ2v) is 7.35. The van der Waals surface area contributed by atoms with E-state index in [4.69, 9.17) is 0 Å². The number of carbonyl (C=O) groups excluding carboxylic acids is 1. The van der Waals surface area contributed by atoms with Gasteiger partial charge in [-0.15, -0.1) is 0 Å². The van der Waals surface area contributed by atoms with Crippen molar-refractivity contribution < 1.29 is 4.79 Å². The maximum Gasteiger partial charge on any atom is 0.257 e. The first kappa shape index (κ1) is 17.5. The lowest BCUT2D eigenvalue weighted by Crippen LogP contribution is -2.13. The van der Waals surface area contributed by atoms with Gasteiger partial charge in [-0.3, -0.25) is 4.79 Å². The van der Waals surface area contributed by atoms with Crippen LogP contribution in [-0.4, -0.2) is 10.9 Å². The number of carbonyl (C=O) groups is 1. The summed E-state index contributed by atoms with van der Waals surface area (Å²) in [5.74, 6) is 0.272. The Labute approximate surface area is 163 Å². The summed E-state index contributed by atoms with van der Waals surface area (Å²) < 4.78 is 1.000. The fraction of sp³-hybridized carbons (Fsp3) is 0. The number of nitriles is 1. The maximum atomic E-state index is 12.6. The highest BCUT2D eigenvalue weighted by Gasteiger charge is 2.14. The Morgan fingerprint density at radius 3 is 2.48 bits per heavy atom. The molecule has 0 atom stereocenters. The molecule has 0 radical (unpaired) electrons. The summed E-state index contributed by atoms with van der Waals surface area (Å²) >= 11 is 3.56. The molecule has 0 bridgehead atoms. The number of pyridine rings is 1. The number of amides is 1. The molecule has 4 nitrogen and oxygen atoms in total. The van der Waals surface area contributed by atoms with E-state index >= 15 is 0 Å². The molecule has 6 heteroatoms. The average molecular weight is 457 g/mol. The molecular formula is C19H12IN3OS. The van der Waals surface area contributed by atoms with Gasteiger partial charge in [0.25, 0.3) is 5.91 Å². The van der Waals surface area contributed by atoms with Crippen molar-refractivity contribution in [3.05, 3.63) is 81.6 Å². The highest BCUT2D eigenvalue weighted by molar-refractivity contribution is 14.1. The van der Waals surface area contributed by atoms with E-state index in [-0.39, 0.29) is 5.91 Å². The van der Waals surface area contributed by atoms with Gasteiger partial charge in [0.15, 0.2) is 0 Å². The highest BCUT2D eigenvalue weighted by atomic mass is 127. The number of nitrogens with one attached hydrogen (secondary N) is 1. The minimum Gasteiger partial charge on any atom is -0.307 e. The van der Waals surface area contributed by atoms with E-state index in [9.17, 15) is 10.1 Å². The largest absolute Gasteiger partial charge is 0.307 e. The van der Waals surface area contributed by atoms with Gasteiger partial charge in [0, 0.05) is 19.6 Å². The molecule has 0 saturated heterocycles. The van der Waals surface area contributed by atoms with Crippen LogP contribution in [0.15, 0.2) is 76.7 Å². The zero-order valence-electron chi connectivity index (χ0n) is 12.9. The van der Waals surface area contributed by atoms with E-state index in [1.54, 1.807) is 24.4 Å². The number of benzene rings is 2. The zero-order chi connectivity index (χ0) is 17.6. The molecule has 2 aromatic carbocycles. The summed E-state index contributed by atoms with van der Waals surface area (Å²) in [6.07, 6.45) is 1.69. The average Bonchev–Trinajstić information content (AvgIpc) is 2.64. The lowest BCUT2D eigenvalue weighted by Gasteiger charge is -2.10. The molecule has 0 unspecified atom stereocenters. The molecule has 0 saturated carbocycles. The van der Waals surface area contributed by atoms with Gasteiger partial charge >= 0.3 is 0 Å². The number of nitrogens with zero attached hydrogens (tertiary/aromatic N) is 2. The SMILES string of the molecule is N#Cc1ccccc1Sc1ccccc1C(=O)Nc1ccc(I)cn1. The van der Waals surface area contributed by atoms with Crippen LogP contribution in [0.5, 0.6) is 0 Å². The molecule has 3 aromatic rings. The predicted molar refractivity (Wildman–Crippen MR) is 107 cm³/mol. The van der Waals surface area contributed by atoms with Crippen LogP contribution in [0.1, 0.15) is 15.9 Å². The first-order valence-corrected chi connectivity index (χ1v) is 9.26. The predicted octanol–water partition coefficient (Wildman–Crippen LogP) is 4.96. The van der Waals surface area contributed by atoms with Gasteiger partial charge < -0.3 is 5.32 Å². The summed E-state index contributed by atoms with van der Waals surface area (Å²) in [4.78, 5) is 18.4. The Bertz CT molecular complexity index is 951. The monoisotopic (exact) mass is 457 g/mol. The van der Waals surface area contributed by atoms with Gasteiger partial charge in [-0.2, -0.15) is 5.26 Å². The van der Waals surface area contributed by atoms with Gasteiger partial charge in [0.2, 0.25) is 0 Å². The maximum absolute atomic E-state index is 12.6. The fourth-order valence-electron chi connectivity index (χ4n) is 2.14. The van der Waals surface area contributed by atoms with Crippen LogP contribution in [0.3, 0.4) is 0 Å². The van der Waals surface area contributed by atoms with E-state index in [1.807, 2.05) is 42.5 Å². The van der Waals surface area contributed by atoms with E-state index in [2.05, 4.69) is 39.0 Å². The topological polar surface area (TPSA) is 65.8 Å². The third-order valence-corrected chi connectivity index (χ3v) is 5.12. The first-order valence-electron chi connectivity index (χ1n) is 7.36. The number of aromatic nitrogens is 1. The Balaban J connectivity index is 1.86. The second-order valence-electron chi connectivity index (χ2n) is 5.02. The van der Waals surface area contributed by atoms with Gasteiger partial charge in [-0.05, 0) is 59.0 Å². The van der Waals surface area contributed by atoms with Crippen molar-refractivity contribution in [2.75, 3.05) is 5.32 Å². The van der Waals surface area contributed by atoms with Crippen molar-refractivity contribution in [1.29, 1.82) is 5.26 Å². The molecule has 0 spiro atoms. The molecule has 0 aliphatic rings. The van der Waals surface area contributed by atoms with E-state index < -0.39 is 0 Å². The van der Waals surface area contributed by atoms with Crippen molar-refractivity contribution in [3.8, 4) is 6.07 Å². The van der Waals surface area contributed by atoms with Crippen LogP contribution in [-0.2, 0) is 0 Å². The summed E-state index contributed by atoms with van der Waals surface area (Å²) in [5.41, 5.74) is 1.13. The van der Waals surface area contributed by atoms with Gasteiger partial charge in [-0.25, -0.2) is 4.98 Å². The molecule has 1 heterocycles. The summed E-state index contributed by atoms with van der Waals surface area (Å²) in [6, 6.07) is 20.5. The fourth-order valence-corrected chi connectivity index (χ4v) is 3.49. The van der Waals surface area contributed by atoms with Crippen molar-refractivity contribution >= 4 is 46.1 Å².